The molecule has 0 radical (unpaired) electrons. The number of carboxylic acid groups (broad SMARTS) is 2. The first-order valence-corrected chi connectivity index (χ1v) is 4.84. The van der Waals surface area contributed by atoms with Crippen LogP contribution >= 0.6 is 0 Å². The predicted molar refractivity (Wildman–Crippen MR) is 62.9 cm³/mol. The van der Waals surface area contributed by atoms with Crippen LogP contribution < -0.4 is 10.2 Å². The first-order valence-electron chi connectivity index (χ1n) is 4.84. The molecule has 0 spiro atoms. The number of carbonyl (C=O) groups excluding carboxylic acids is 2. The van der Waals surface area contributed by atoms with Gasteiger partial charge in [0.2, 0.25) is 0 Å². The van der Waals surface area contributed by atoms with Gasteiger partial charge in [-0.1, -0.05) is 0 Å². The average molecular weight is 269 g/mol. The van der Waals surface area contributed by atoms with E-state index in [9.17, 15) is 19.8 Å². The van der Waals surface area contributed by atoms with Crippen molar-refractivity contribution in [2.75, 3.05) is 0 Å². The van der Waals surface area contributed by atoms with Crippen molar-refractivity contribution in [3.8, 4) is 0 Å². The molecule has 19 heavy (non-hydrogen) atoms. The number of carboxylic acids is 2. The van der Waals surface area contributed by atoms with Gasteiger partial charge in [-0.25, -0.2) is 0 Å². The Morgan fingerprint density at radius 1 is 0.737 bits per heavy atom. The Balaban J connectivity index is 0.000000324. The number of pyridine rings is 2. The molecule has 0 fully saturated rings. The fourth-order valence-corrected chi connectivity index (χ4v) is 0.976. The number of carbonyl (C=O) groups is 2. The van der Waals surface area contributed by atoms with Crippen molar-refractivity contribution in [2.24, 2.45) is 0 Å². The number of rotatable bonds is 2. The van der Waals surface area contributed by atoms with E-state index >= 15 is 0 Å². The summed E-state index contributed by atoms with van der Waals surface area (Å²) in [5.74, 6) is -2.34. The van der Waals surface area contributed by atoms with E-state index in [1.165, 1.54) is 49.1 Å². The van der Waals surface area contributed by atoms with Gasteiger partial charge in [0.05, 0.1) is 11.9 Å². The molecule has 0 aromatic carbocycles. The van der Waals surface area contributed by atoms with Crippen LogP contribution in [0.3, 0.4) is 0 Å². The molecule has 2 aromatic rings. The summed E-state index contributed by atoms with van der Waals surface area (Å²) in [6, 6.07) is 5.54. The van der Waals surface area contributed by atoms with E-state index in [0.717, 1.165) is 0 Å². The number of aromatic carboxylic acids is 2. The van der Waals surface area contributed by atoms with E-state index in [-0.39, 0.29) is 34.2 Å². The van der Waals surface area contributed by atoms with Crippen molar-refractivity contribution in [1.82, 2.24) is 9.97 Å². The first-order chi connectivity index (χ1) is 8.61. The minimum atomic E-state index is -1.17. The van der Waals surface area contributed by atoms with Gasteiger partial charge < -0.3 is 19.8 Å². The largest absolute Gasteiger partial charge is 2.00 e. The summed E-state index contributed by atoms with van der Waals surface area (Å²) in [4.78, 5) is 27.4. The SMILES string of the molecule is O=C([O-])c1ccncc1.O=C([O-])c1ccncc1.[Mg+2]. The van der Waals surface area contributed by atoms with Gasteiger partial charge >= 0.3 is 23.1 Å². The zero-order valence-electron chi connectivity index (χ0n) is 9.85. The standard InChI is InChI=1S/2C6H5NO2.Mg/c2*8-6(9)5-1-3-7-4-2-5;/h2*1-4H,(H,8,9);/q;;+2/p-2. The van der Waals surface area contributed by atoms with Gasteiger partial charge in [0.1, 0.15) is 0 Å². The number of hydrogen-bond acceptors (Lipinski definition) is 6. The molecule has 2 rings (SSSR count). The van der Waals surface area contributed by atoms with Crippen LogP contribution in [0.2, 0.25) is 0 Å². The Kier molecular flexibility index (Phi) is 8.06. The van der Waals surface area contributed by atoms with E-state index in [0.29, 0.717) is 0 Å². The molecule has 0 aliphatic rings. The van der Waals surface area contributed by atoms with E-state index in [4.69, 9.17) is 0 Å². The summed E-state index contributed by atoms with van der Waals surface area (Å²) in [6.07, 6.45) is 5.63. The Morgan fingerprint density at radius 2 is 1.00 bits per heavy atom. The van der Waals surface area contributed by atoms with E-state index in [2.05, 4.69) is 9.97 Å². The van der Waals surface area contributed by atoms with E-state index in [1.807, 2.05) is 0 Å². The van der Waals surface area contributed by atoms with Gasteiger partial charge in [-0.2, -0.15) is 0 Å². The van der Waals surface area contributed by atoms with Gasteiger partial charge in [0, 0.05) is 35.9 Å². The Labute approximate surface area is 125 Å². The molecule has 0 aliphatic heterocycles. The minimum Gasteiger partial charge on any atom is -0.545 e. The van der Waals surface area contributed by atoms with Crippen molar-refractivity contribution in [3.05, 3.63) is 60.2 Å². The molecule has 2 heterocycles. The minimum absolute atomic E-state index is 0. The van der Waals surface area contributed by atoms with Crippen LogP contribution in [0.4, 0.5) is 0 Å². The van der Waals surface area contributed by atoms with Crippen LogP contribution in [0, 0.1) is 0 Å². The summed E-state index contributed by atoms with van der Waals surface area (Å²) in [5.41, 5.74) is 0.315. The molecule has 6 nitrogen and oxygen atoms in total. The van der Waals surface area contributed by atoms with Gasteiger partial charge in [-0.05, 0) is 24.3 Å². The number of aromatic nitrogens is 2. The van der Waals surface area contributed by atoms with Crippen LogP contribution in [0.25, 0.3) is 0 Å². The van der Waals surface area contributed by atoms with Crippen LogP contribution in [0.5, 0.6) is 0 Å². The average Bonchev–Trinajstić information content (AvgIpc) is 2.41. The zero-order chi connectivity index (χ0) is 13.4. The second kappa shape index (κ2) is 9.01. The second-order valence-electron chi connectivity index (χ2n) is 3.05. The maximum atomic E-state index is 10.1. The molecule has 0 unspecified atom stereocenters. The molecule has 0 N–H and O–H groups in total. The monoisotopic (exact) mass is 268 g/mol. The van der Waals surface area contributed by atoms with Gasteiger partial charge in [-0.3, -0.25) is 9.97 Å². The summed E-state index contributed by atoms with van der Waals surface area (Å²) >= 11 is 0. The second-order valence-corrected chi connectivity index (χ2v) is 3.05. The van der Waals surface area contributed by atoms with Crippen molar-refractivity contribution in [2.45, 2.75) is 0 Å². The predicted octanol–water partition coefficient (Wildman–Crippen LogP) is -1.49. The van der Waals surface area contributed by atoms with Gasteiger partial charge in [-0.15, -0.1) is 0 Å². The first kappa shape index (κ1) is 17.0. The third-order valence-corrected chi connectivity index (χ3v) is 1.83. The summed E-state index contributed by atoms with van der Waals surface area (Å²) in [7, 11) is 0. The smallest absolute Gasteiger partial charge is 0.545 e. The molecule has 2 aromatic heterocycles. The van der Waals surface area contributed by atoms with Crippen LogP contribution in [0.15, 0.2) is 49.1 Å². The molecule has 0 saturated heterocycles. The summed E-state index contributed by atoms with van der Waals surface area (Å²) in [6.45, 7) is 0. The third kappa shape index (κ3) is 6.48. The zero-order valence-corrected chi connectivity index (χ0v) is 11.3. The van der Waals surface area contributed by atoms with Gasteiger partial charge in [0.15, 0.2) is 0 Å². The summed E-state index contributed by atoms with van der Waals surface area (Å²) < 4.78 is 0. The molecule has 0 saturated carbocycles. The normalized spacial score (nSPS) is 8.42. The molecular weight excluding hydrogens is 260 g/mol. The maximum absolute atomic E-state index is 10.1. The number of nitrogens with zero attached hydrogens (tertiary/aromatic N) is 2. The molecular formula is C12H8MgN2O4. The summed E-state index contributed by atoms with van der Waals surface area (Å²) in [5, 5.41) is 20.1. The van der Waals surface area contributed by atoms with Crippen LogP contribution in [-0.4, -0.2) is 45.0 Å². The fraction of sp³-hybridized carbons (Fsp3) is 0. The van der Waals surface area contributed by atoms with Crippen molar-refractivity contribution >= 4 is 35.0 Å². The Hall–Kier alpha value is -1.99. The fourth-order valence-electron chi connectivity index (χ4n) is 0.976. The molecule has 92 valence electrons. The quantitative estimate of drug-likeness (QED) is 0.614. The van der Waals surface area contributed by atoms with Crippen LogP contribution in [-0.2, 0) is 0 Å². The molecule has 7 heteroatoms. The topological polar surface area (TPSA) is 106 Å². The van der Waals surface area contributed by atoms with E-state index < -0.39 is 11.9 Å². The molecule has 0 aliphatic carbocycles. The van der Waals surface area contributed by atoms with Crippen molar-refractivity contribution in [3.63, 3.8) is 0 Å². The third-order valence-electron chi connectivity index (χ3n) is 1.83. The van der Waals surface area contributed by atoms with Gasteiger partial charge in [0.25, 0.3) is 0 Å². The number of hydrogen-bond donors (Lipinski definition) is 0. The van der Waals surface area contributed by atoms with Crippen molar-refractivity contribution < 1.29 is 19.8 Å². The van der Waals surface area contributed by atoms with E-state index in [1.54, 1.807) is 0 Å². The molecule has 0 amide bonds. The Morgan fingerprint density at radius 3 is 1.16 bits per heavy atom. The van der Waals surface area contributed by atoms with Crippen LogP contribution in [0.1, 0.15) is 20.7 Å². The Bertz CT molecular complexity index is 470. The maximum Gasteiger partial charge on any atom is 2.00 e. The molecule has 0 atom stereocenters. The van der Waals surface area contributed by atoms with Crippen molar-refractivity contribution in [1.29, 1.82) is 0 Å². The molecule has 0 bridgehead atoms.